The number of rotatable bonds is 5. The Hall–Kier alpha value is -4.08. The Balaban J connectivity index is 1.57. The third kappa shape index (κ3) is 3.56. The summed E-state index contributed by atoms with van der Waals surface area (Å²) in [5.74, 6) is 0.0699. The zero-order valence-electron chi connectivity index (χ0n) is 15.2. The van der Waals surface area contributed by atoms with Crippen LogP contribution in [-0.2, 0) is 7.05 Å². The van der Waals surface area contributed by atoms with Crippen molar-refractivity contribution in [2.45, 2.75) is 6.92 Å². The first kappa shape index (κ1) is 17.3. The summed E-state index contributed by atoms with van der Waals surface area (Å²) in [7, 11) is 1.77. The second-order valence-corrected chi connectivity index (χ2v) is 6.01. The number of carbonyl (C=O) groups excluding carboxylic acids is 1. The van der Waals surface area contributed by atoms with Gasteiger partial charge in [-0.1, -0.05) is 6.07 Å². The number of aromatic amines is 1. The Morgan fingerprint density at radius 1 is 1.14 bits per heavy atom. The van der Waals surface area contributed by atoms with Gasteiger partial charge in [-0.3, -0.25) is 19.6 Å². The van der Waals surface area contributed by atoms with Crippen molar-refractivity contribution in [1.82, 2.24) is 34.9 Å². The van der Waals surface area contributed by atoms with Crippen LogP contribution in [0.1, 0.15) is 16.3 Å². The number of nitrogens with zero attached hydrogens (tertiary/aromatic N) is 6. The van der Waals surface area contributed by atoms with E-state index in [9.17, 15) is 4.79 Å². The molecule has 0 spiro atoms. The fourth-order valence-electron chi connectivity index (χ4n) is 2.61. The lowest BCUT2D eigenvalue weighted by Gasteiger charge is -2.07. The molecule has 0 aromatic carbocycles. The highest BCUT2D eigenvalue weighted by Gasteiger charge is 2.17. The highest BCUT2D eigenvalue weighted by Crippen LogP contribution is 2.24. The zero-order valence-corrected chi connectivity index (χ0v) is 15.2. The van der Waals surface area contributed by atoms with E-state index >= 15 is 0 Å². The third-order valence-electron chi connectivity index (χ3n) is 3.94. The Kier molecular flexibility index (Phi) is 4.50. The van der Waals surface area contributed by atoms with Crippen molar-refractivity contribution < 1.29 is 4.79 Å². The molecule has 0 unspecified atom stereocenters. The molecule has 1 amide bonds. The summed E-state index contributed by atoms with van der Waals surface area (Å²) in [5, 5.41) is 17.1. The van der Waals surface area contributed by atoms with Crippen LogP contribution in [0.15, 0.2) is 49.1 Å². The first-order valence-corrected chi connectivity index (χ1v) is 8.47. The van der Waals surface area contributed by atoms with Crippen LogP contribution in [0.4, 0.5) is 17.2 Å². The summed E-state index contributed by atoms with van der Waals surface area (Å²) in [6.45, 7) is 1.86. The summed E-state index contributed by atoms with van der Waals surface area (Å²) in [5.41, 5.74) is 3.32. The van der Waals surface area contributed by atoms with Crippen LogP contribution in [-0.4, -0.2) is 40.8 Å². The fourth-order valence-corrected chi connectivity index (χ4v) is 2.61. The van der Waals surface area contributed by atoms with Gasteiger partial charge in [-0.25, -0.2) is 9.97 Å². The maximum atomic E-state index is 12.7. The Morgan fingerprint density at radius 3 is 2.79 bits per heavy atom. The predicted molar refractivity (Wildman–Crippen MR) is 103 cm³/mol. The smallest absolute Gasteiger partial charge is 0.293 e. The molecule has 0 bridgehead atoms. The van der Waals surface area contributed by atoms with E-state index in [1.807, 2.05) is 25.1 Å². The van der Waals surface area contributed by atoms with Crippen LogP contribution in [0.5, 0.6) is 0 Å². The number of pyridine rings is 1. The molecule has 0 aliphatic heterocycles. The van der Waals surface area contributed by atoms with Crippen molar-refractivity contribution in [1.29, 1.82) is 0 Å². The molecule has 0 atom stereocenters. The Labute approximate surface area is 160 Å². The number of aryl methyl sites for hydroxylation is 2. The second kappa shape index (κ2) is 7.27. The van der Waals surface area contributed by atoms with Crippen LogP contribution < -0.4 is 10.6 Å². The second-order valence-electron chi connectivity index (χ2n) is 6.01. The van der Waals surface area contributed by atoms with Gasteiger partial charge in [-0.05, 0) is 25.1 Å². The maximum Gasteiger partial charge on any atom is 0.293 e. The van der Waals surface area contributed by atoms with Gasteiger partial charge in [0.1, 0.15) is 11.5 Å². The quantitative estimate of drug-likeness (QED) is 0.488. The van der Waals surface area contributed by atoms with Crippen molar-refractivity contribution in [2.75, 3.05) is 10.6 Å². The van der Waals surface area contributed by atoms with Gasteiger partial charge in [0.25, 0.3) is 5.91 Å². The van der Waals surface area contributed by atoms with E-state index in [1.54, 1.807) is 36.4 Å². The lowest BCUT2D eigenvalue weighted by Crippen LogP contribution is -2.16. The van der Waals surface area contributed by atoms with Crippen LogP contribution in [0.3, 0.4) is 0 Å². The normalized spacial score (nSPS) is 10.6. The molecule has 3 N–H and O–H groups in total. The van der Waals surface area contributed by atoms with Gasteiger partial charge in [-0.15, -0.1) is 0 Å². The minimum atomic E-state index is -0.447. The Bertz CT molecular complexity index is 1120. The van der Waals surface area contributed by atoms with E-state index in [4.69, 9.17) is 0 Å². The standard InChI is InChI=1S/C18H17N9O/c1-11-13(9-21-25-11)22-15-6-8-20-17(24-15)18(28)23-14-10-27(2)26-16(14)12-5-3-4-7-19-12/h3-10H,1-2H3,(H,21,25)(H,23,28)(H,20,22,24). The largest absolute Gasteiger partial charge is 0.337 e. The van der Waals surface area contributed by atoms with Crippen molar-refractivity contribution in [3.8, 4) is 11.4 Å². The summed E-state index contributed by atoms with van der Waals surface area (Å²) >= 11 is 0. The number of amides is 1. The van der Waals surface area contributed by atoms with Gasteiger partial charge >= 0.3 is 0 Å². The van der Waals surface area contributed by atoms with E-state index in [1.165, 1.54) is 6.20 Å². The SMILES string of the molecule is Cc1n[nH]cc1Nc1ccnc(C(=O)Nc2cn(C)nc2-c2ccccn2)n1. The van der Waals surface area contributed by atoms with Crippen LogP contribution in [0, 0.1) is 6.92 Å². The van der Waals surface area contributed by atoms with Crippen molar-refractivity contribution >= 4 is 23.1 Å². The van der Waals surface area contributed by atoms with Gasteiger partial charge in [0, 0.05) is 31.8 Å². The molecule has 0 radical (unpaired) electrons. The van der Waals surface area contributed by atoms with E-state index in [0.29, 0.717) is 22.9 Å². The van der Waals surface area contributed by atoms with Gasteiger partial charge in [0.2, 0.25) is 5.82 Å². The topological polar surface area (TPSA) is 126 Å². The summed E-state index contributed by atoms with van der Waals surface area (Å²) < 4.78 is 1.61. The average Bonchev–Trinajstić information content (AvgIpc) is 3.28. The molecule has 4 aromatic rings. The van der Waals surface area contributed by atoms with E-state index in [-0.39, 0.29) is 5.82 Å². The number of hydrogen-bond donors (Lipinski definition) is 3. The lowest BCUT2D eigenvalue weighted by atomic mass is 10.2. The van der Waals surface area contributed by atoms with Crippen LogP contribution in [0.25, 0.3) is 11.4 Å². The first-order chi connectivity index (χ1) is 13.6. The van der Waals surface area contributed by atoms with Gasteiger partial charge in [0.05, 0.1) is 22.8 Å². The minimum absolute atomic E-state index is 0.0296. The lowest BCUT2D eigenvalue weighted by molar-refractivity contribution is 0.101. The molecule has 0 aliphatic carbocycles. The van der Waals surface area contributed by atoms with Crippen LogP contribution >= 0.6 is 0 Å². The molecule has 4 rings (SSSR count). The minimum Gasteiger partial charge on any atom is -0.337 e. The first-order valence-electron chi connectivity index (χ1n) is 8.47. The number of carbonyl (C=O) groups is 1. The molecule has 4 heterocycles. The Morgan fingerprint density at radius 2 is 2.04 bits per heavy atom. The number of nitrogens with one attached hydrogen (secondary N) is 3. The third-order valence-corrected chi connectivity index (χ3v) is 3.94. The molecule has 10 nitrogen and oxygen atoms in total. The van der Waals surface area contributed by atoms with Gasteiger partial charge in [0.15, 0.2) is 0 Å². The number of aromatic nitrogens is 7. The molecule has 4 aromatic heterocycles. The average molecular weight is 375 g/mol. The van der Waals surface area contributed by atoms with E-state index < -0.39 is 5.91 Å². The predicted octanol–water partition coefficient (Wildman–Crippen LogP) is 2.30. The van der Waals surface area contributed by atoms with Crippen molar-refractivity contribution in [3.63, 3.8) is 0 Å². The molecule has 10 heteroatoms. The van der Waals surface area contributed by atoms with Crippen molar-refractivity contribution in [2.24, 2.45) is 7.05 Å². The van der Waals surface area contributed by atoms with Crippen LogP contribution in [0.2, 0.25) is 0 Å². The fraction of sp³-hybridized carbons (Fsp3) is 0.111. The maximum absolute atomic E-state index is 12.7. The molecule has 28 heavy (non-hydrogen) atoms. The van der Waals surface area contributed by atoms with E-state index in [2.05, 4.69) is 40.9 Å². The molecule has 0 saturated carbocycles. The highest BCUT2D eigenvalue weighted by atomic mass is 16.2. The number of H-pyrrole nitrogens is 1. The molecular weight excluding hydrogens is 358 g/mol. The summed E-state index contributed by atoms with van der Waals surface area (Å²) in [4.78, 5) is 25.3. The molecule has 0 saturated heterocycles. The molecule has 0 fully saturated rings. The summed E-state index contributed by atoms with van der Waals surface area (Å²) in [6, 6.07) is 7.18. The zero-order chi connectivity index (χ0) is 19.5. The van der Waals surface area contributed by atoms with Crippen molar-refractivity contribution in [3.05, 3.63) is 60.6 Å². The molecular formula is C18H17N9O. The monoisotopic (exact) mass is 375 g/mol. The van der Waals surface area contributed by atoms with Gasteiger partial charge < -0.3 is 10.6 Å². The summed E-state index contributed by atoms with van der Waals surface area (Å²) in [6.07, 6.45) is 6.61. The number of hydrogen-bond acceptors (Lipinski definition) is 7. The van der Waals surface area contributed by atoms with E-state index in [0.717, 1.165) is 11.4 Å². The highest BCUT2D eigenvalue weighted by molar-refractivity contribution is 6.03. The van der Waals surface area contributed by atoms with Gasteiger partial charge in [-0.2, -0.15) is 10.2 Å². The number of anilines is 3. The molecule has 0 aliphatic rings. The molecule has 140 valence electrons.